The zero-order chi connectivity index (χ0) is 12.8. The average molecular weight is 259 g/mol. The molecule has 0 aliphatic heterocycles. The van der Waals surface area contributed by atoms with Crippen molar-refractivity contribution in [3.05, 3.63) is 47.9 Å². The summed E-state index contributed by atoms with van der Waals surface area (Å²) in [5, 5.41) is 3.13. The van der Waals surface area contributed by atoms with Gasteiger partial charge < -0.3 is 5.32 Å². The van der Waals surface area contributed by atoms with Crippen LogP contribution >= 0.6 is 11.8 Å². The minimum Gasteiger partial charge on any atom is -0.369 e. The molecule has 0 aliphatic rings. The zero-order valence-electron chi connectivity index (χ0n) is 10.7. The molecule has 94 valence electrons. The minimum absolute atomic E-state index is 0.835. The first-order valence-corrected chi connectivity index (χ1v) is 7.00. The Kier molecular flexibility index (Phi) is 4.59. The highest BCUT2D eigenvalue weighted by Gasteiger charge is 1.99. The van der Waals surface area contributed by atoms with Gasteiger partial charge in [-0.25, -0.2) is 4.98 Å². The van der Waals surface area contributed by atoms with E-state index in [4.69, 9.17) is 0 Å². The van der Waals surface area contributed by atoms with Gasteiger partial charge in [0.05, 0.1) is 18.1 Å². The molecule has 0 unspecified atom stereocenters. The molecule has 1 aromatic carbocycles. The van der Waals surface area contributed by atoms with Crippen molar-refractivity contribution in [3.63, 3.8) is 0 Å². The van der Waals surface area contributed by atoms with Gasteiger partial charge in [0.1, 0.15) is 5.82 Å². The molecule has 2 rings (SSSR count). The van der Waals surface area contributed by atoms with Crippen LogP contribution in [0.15, 0.2) is 41.6 Å². The molecule has 0 bridgehead atoms. The molecule has 0 spiro atoms. The fraction of sp³-hybridized carbons (Fsp3) is 0.286. The second-order valence-electron chi connectivity index (χ2n) is 4.03. The van der Waals surface area contributed by atoms with Crippen molar-refractivity contribution < 1.29 is 0 Å². The van der Waals surface area contributed by atoms with E-state index in [-0.39, 0.29) is 0 Å². The lowest BCUT2D eigenvalue weighted by molar-refractivity contribution is 1.07. The second-order valence-corrected chi connectivity index (χ2v) is 5.07. The van der Waals surface area contributed by atoms with Crippen LogP contribution in [0.1, 0.15) is 18.2 Å². The normalized spacial score (nSPS) is 10.3. The molecule has 1 N–H and O–H groups in total. The van der Waals surface area contributed by atoms with Crippen molar-refractivity contribution in [3.8, 4) is 0 Å². The van der Waals surface area contributed by atoms with E-state index in [2.05, 4.69) is 46.5 Å². The number of benzene rings is 1. The van der Waals surface area contributed by atoms with Gasteiger partial charge in [-0.2, -0.15) is 0 Å². The third-order valence-corrected chi connectivity index (χ3v) is 3.52. The number of aromatic nitrogens is 2. The number of thioether (sulfide) groups is 1. The van der Waals surface area contributed by atoms with Crippen LogP contribution in [0.4, 0.5) is 5.82 Å². The van der Waals surface area contributed by atoms with Crippen molar-refractivity contribution in [2.45, 2.75) is 24.5 Å². The molecular formula is C14H17N3S. The van der Waals surface area contributed by atoms with E-state index in [0.29, 0.717) is 0 Å². The Morgan fingerprint density at radius 3 is 2.50 bits per heavy atom. The average Bonchev–Trinajstić information content (AvgIpc) is 2.40. The maximum absolute atomic E-state index is 4.38. The van der Waals surface area contributed by atoms with Crippen LogP contribution in [0.3, 0.4) is 0 Å². The van der Waals surface area contributed by atoms with Crippen LogP contribution in [-0.4, -0.2) is 16.5 Å². The van der Waals surface area contributed by atoms with Crippen LogP contribution in [0, 0.1) is 6.92 Å². The van der Waals surface area contributed by atoms with Crippen molar-refractivity contribution in [2.24, 2.45) is 0 Å². The Morgan fingerprint density at radius 1 is 1.11 bits per heavy atom. The van der Waals surface area contributed by atoms with E-state index < -0.39 is 0 Å². The highest BCUT2D eigenvalue weighted by Crippen LogP contribution is 2.21. The summed E-state index contributed by atoms with van der Waals surface area (Å²) >= 11 is 1.78. The van der Waals surface area contributed by atoms with Crippen molar-refractivity contribution in [1.82, 2.24) is 9.97 Å². The first kappa shape index (κ1) is 12.9. The summed E-state index contributed by atoms with van der Waals surface area (Å²) in [5.41, 5.74) is 2.29. The molecule has 0 saturated heterocycles. The van der Waals surface area contributed by atoms with E-state index in [1.54, 1.807) is 18.0 Å². The SMILES string of the molecule is CCNc1cnc(CSc2ccc(C)cc2)cn1. The van der Waals surface area contributed by atoms with Gasteiger partial charge in [0.25, 0.3) is 0 Å². The maximum Gasteiger partial charge on any atom is 0.144 e. The number of hydrogen-bond acceptors (Lipinski definition) is 4. The first-order valence-electron chi connectivity index (χ1n) is 6.02. The topological polar surface area (TPSA) is 37.8 Å². The fourth-order valence-electron chi connectivity index (χ4n) is 1.49. The number of nitrogens with one attached hydrogen (secondary N) is 1. The Bertz CT molecular complexity index is 479. The Hall–Kier alpha value is -1.55. The summed E-state index contributed by atoms with van der Waals surface area (Å²) in [7, 11) is 0. The number of hydrogen-bond donors (Lipinski definition) is 1. The van der Waals surface area contributed by atoms with E-state index in [1.165, 1.54) is 10.5 Å². The lowest BCUT2D eigenvalue weighted by atomic mass is 10.2. The molecule has 18 heavy (non-hydrogen) atoms. The smallest absolute Gasteiger partial charge is 0.144 e. The molecule has 0 radical (unpaired) electrons. The summed E-state index contributed by atoms with van der Waals surface area (Å²) in [6.45, 7) is 5.01. The lowest BCUT2D eigenvalue weighted by Crippen LogP contribution is -2.00. The molecule has 0 atom stereocenters. The van der Waals surface area contributed by atoms with E-state index in [0.717, 1.165) is 23.8 Å². The van der Waals surface area contributed by atoms with Gasteiger partial charge in [-0.3, -0.25) is 4.98 Å². The Labute approximate surface area is 112 Å². The predicted octanol–water partition coefficient (Wildman–Crippen LogP) is 3.51. The zero-order valence-corrected chi connectivity index (χ0v) is 11.5. The van der Waals surface area contributed by atoms with Crippen LogP contribution in [0.25, 0.3) is 0 Å². The highest BCUT2D eigenvalue weighted by molar-refractivity contribution is 7.98. The Morgan fingerprint density at radius 2 is 1.89 bits per heavy atom. The van der Waals surface area contributed by atoms with Gasteiger partial charge in [-0.05, 0) is 26.0 Å². The van der Waals surface area contributed by atoms with E-state index >= 15 is 0 Å². The van der Waals surface area contributed by atoms with Gasteiger partial charge in [-0.15, -0.1) is 11.8 Å². The number of rotatable bonds is 5. The van der Waals surface area contributed by atoms with Crippen LogP contribution < -0.4 is 5.32 Å². The lowest BCUT2D eigenvalue weighted by Gasteiger charge is -2.04. The van der Waals surface area contributed by atoms with Crippen LogP contribution in [0.5, 0.6) is 0 Å². The third kappa shape index (κ3) is 3.74. The molecule has 3 nitrogen and oxygen atoms in total. The summed E-state index contributed by atoms with van der Waals surface area (Å²) in [5.74, 6) is 1.68. The van der Waals surface area contributed by atoms with Gasteiger partial charge in [-0.1, -0.05) is 17.7 Å². The molecule has 0 saturated carbocycles. The van der Waals surface area contributed by atoms with Gasteiger partial charge >= 0.3 is 0 Å². The predicted molar refractivity (Wildman–Crippen MR) is 76.9 cm³/mol. The van der Waals surface area contributed by atoms with E-state index in [1.807, 2.05) is 13.1 Å². The molecule has 0 fully saturated rings. The van der Waals surface area contributed by atoms with Gasteiger partial charge in [0, 0.05) is 17.2 Å². The quantitative estimate of drug-likeness (QED) is 0.834. The molecule has 1 heterocycles. The maximum atomic E-state index is 4.38. The van der Waals surface area contributed by atoms with Gasteiger partial charge in [0.2, 0.25) is 0 Å². The molecule has 0 aliphatic carbocycles. The summed E-state index contributed by atoms with van der Waals surface area (Å²) in [4.78, 5) is 9.95. The molecule has 1 aromatic heterocycles. The third-order valence-electron chi connectivity index (χ3n) is 2.47. The molecule has 0 amide bonds. The van der Waals surface area contributed by atoms with Crippen molar-refractivity contribution in [2.75, 3.05) is 11.9 Å². The standard InChI is InChI=1S/C14H17N3S/c1-3-15-14-9-16-12(8-17-14)10-18-13-6-4-11(2)5-7-13/h4-9H,3,10H2,1-2H3,(H,15,17). The van der Waals surface area contributed by atoms with Gasteiger partial charge in [0.15, 0.2) is 0 Å². The number of aryl methyl sites for hydroxylation is 1. The number of nitrogens with zero attached hydrogens (tertiary/aromatic N) is 2. The molecule has 2 aromatic rings. The van der Waals surface area contributed by atoms with Crippen molar-refractivity contribution >= 4 is 17.6 Å². The van der Waals surface area contributed by atoms with Crippen LogP contribution in [-0.2, 0) is 5.75 Å². The second kappa shape index (κ2) is 6.40. The monoisotopic (exact) mass is 259 g/mol. The summed E-state index contributed by atoms with van der Waals surface area (Å²) in [6, 6.07) is 8.53. The fourth-order valence-corrected chi connectivity index (χ4v) is 2.29. The van der Waals surface area contributed by atoms with Crippen molar-refractivity contribution in [1.29, 1.82) is 0 Å². The van der Waals surface area contributed by atoms with E-state index in [9.17, 15) is 0 Å². The Balaban J connectivity index is 1.91. The first-order chi connectivity index (χ1) is 8.78. The molecule has 4 heteroatoms. The largest absolute Gasteiger partial charge is 0.369 e. The highest BCUT2D eigenvalue weighted by atomic mass is 32.2. The summed E-state index contributed by atoms with van der Waals surface area (Å²) < 4.78 is 0. The minimum atomic E-state index is 0.835. The van der Waals surface area contributed by atoms with Crippen LogP contribution in [0.2, 0.25) is 0 Å². The summed E-state index contributed by atoms with van der Waals surface area (Å²) in [6.07, 6.45) is 3.62. The molecular weight excluding hydrogens is 242 g/mol. The number of anilines is 1.